The third-order valence-corrected chi connectivity index (χ3v) is 5.67. The van der Waals surface area contributed by atoms with E-state index in [1.165, 1.54) is 5.69 Å². The lowest BCUT2D eigenvalue weighted by Crippen LogP contribution is -2.43. The maximum atomic E-state index is 5.04. The van der Waals surface area contributed by atoms with Crippen molar-refractivity contribution in [3.8, 4) is 11.3 Å². The highest BCUT2D eigenvalue weighted by Crippen LogP contribution is 2.31. The number of anilines is 1. The van der Waals surface area contributed by atoms with Gasteiger partial charge in [0.2, 0.25) is 0 Å². The van der Waals surface area contributed by atoms with Crippen molar-refractivity contribution in [2.75, 3.05) is 31.1 Å². The Morgan fingerprint density at radius 3 is 2.43 bits per heavy atom. The topological polar surface area (TPSA) is 58.4 Å². The van der Waals surface area contributed by atoms with Crippen molar-refractivity contribution in [3.63, 3.8) is 0 Å². The van der Waals surface area contributed by atoms with E-state index in [2.05, 4.69) is 57.7 Å². The first-order valence-corrected chi connectivity index (χ1v) is 9.96. The number of pyridine rings is 1. The number of imidazole rings is 1. The molecule has 3 aromatic heterocycles. The highest BCUT2D eigenvalue weighted by molar-refractivity contribution is 6.04. The fourth-order valence-corrected chi connectivity index (χ4v) is 4.21. The van der Waals surface area contributed by atoms with Crippen LogP contribution in [0.5, 0.6) is 0 Å². The first-order valence-electron chi connectivity index (χ1n) is 9.96. The molecular weight excluding hydrogens is 396 g/mol. The highest BCUT2D eigenvalue weighted by Gasteiger charge is 2.16. The molecule has 0 spiro atoms. The second-order valence-corrected chi connectivity index (χ2v) is 7.39. The average Bonchev–Trinajstić information content (AvgIpc) is 3.18. The molecule has 2 aromatic carbocycles. The third-order valence-electron chi connectivity index (χ3n) is 5.67. The molecule has 0 bridgehead atoms. The smallest absolute Gasteiger partial charge is 0.162 e. The van der Waals surface area contributed by atoms with Crippen LogP contribution in [0.15, 0.2) is 67.0 Å². The number of piperazine rings is 1. The summed E-state index contributed by atoms with van der Waals surface area (Å²) in [5.74, 6) is 0. The van der Waals surface area contributed by atoms with Crippen molar-refractivity contribution >= 4 is 45.5 Å². The van der Waals surface area contributed by atoms with Gasteiger partial charge in [-0.15, -0.1) is 12.4 Å². The molecule has 6 rings (SSSR count). The van der Waals surface area contributed by atoms with Crippen LogP contribution in [-0.2, 0) is 0 Å². The van der Waals surface area contributed by atoms with Gasteiger partial charge in [-0.25, -0.2) is 9.50 Å². The summed E-state index contributed by atoms with van der Waals surface area (Å²) in [6.45, 7) is 4.06. The Morgan fingerprint density at radius 2 is 1.63 bits per heavy atom. The molecule has 1 aliphatic heterocycles. The zero-order valence-electron chi connectivity index (χ0n) is 16.3. The highest BCUT2D eigenvalue weighted by atomic mass is 35.5. The van der Waals surface area contributed by atoms with Crippen LogP contribution in [0.2, 0.25) is 0 Å². The van der Waals surface area contributed by atoms with E-state index in [4.69, 9.17) is 10.1 Å². The molecule has 0 amide bonds. The number of nitrogens with zero attached hydrogens (tertiary/aromatic N) is 5. The van der Waals surface area contributed by atoms with Crippen LogP contribution in [0.4, 0.5) is 5.69 Å². The molecule has 1 saturated heterocycles. The fraction of sp³-hybridized carbons (Fsp3) is 0.174. The van der Waals surface area contributed by atoms with Crippen molar-refractivity contribution in [2.45, 2.75) is 0 Å². The predicted octanol–water partition coefficient (Wildman–Crippen LogP) is 3.93. The number of hydrogen-bond donors (Lipinski definition) is 1. The fourth-order valence-electron chi connectivity index (χ4n) is 4.21. The molecule has 7 heteroatoms. The number of hydrogen-bond acceptors (Lipinski definition) is 5. The monoisotopic (exact) mass is 416 g/mol. The second-order valence-electron chi connectivity index (χ2n) is 7.39. The van der Waals surface area contributed by atoms with Gasteiger partial charge < -0.3 is 10.2 Å². The minimum absolute atomic E-state index is 0. The number of fused-ring (bicyclic) bond motifs is 5. The molecule has 0 saturated carbocycles. The molecule has 1 aliphatic rings. The zero-order chi connectivity index (χ0) is 19.2. The molecule has 150 valence electrons. The number of nitrogens with one attached hydrogen (secondary N) is 1. The molecule has 30 heavy (non-hydrogen) atoms. The molecule has 0 radical (unpaired) electrons. The SMILES string of the molecule is Cl.c1ccc2c(c1)c(-c1ccncc1)nn1c3cc(N4CCNCC4)ccc3nc21. The summed E-state index contributed by atoms with van der Waals surface area (Å²) in [5, 5.41) is 10.7. The van der Waals surface area contributed by atoms with Crippen molar-refractivity contribution < 1.29 is 0 Å². The van der Waals surface area contributed by atoms with Crippen LogP contribution in [0.1, 0.15) is 0 Å². The van der Waals surface area contributed by atoms with Crippen LogP contribution >= 0.6 is 12.4 Å². The van der Waals surface area contributed by atoms with E-state index >= 15 is 0 Å². The Hall–Kier alpha value is -3.22. The molecule has 0 unspecified atom stereocenters. The van der Waals surface area contributed by atoms with E-state index < -0.39 is 0 Å². The van der Waals surface area contributed by atoms with Gasteiger partial charge in [-0.05, 0) is 30.3 Å². The first-order chi connectivity index (χ1) is 14.4. The van der Waals surface area contributed by atoms with E-state index in [1.54, 1.807) is 0 Å². The largest absolute Gasteiger partial charge is 0.369 e. The normalized spacial score (nSPS) is 14.3. The Morgan fingerprint density at radius 1 is 0.867 bits per heavy atom. The third kappa shape index (κ3) is 2.96. The summed E-state index contributed by atoms with van der Waals surface area (Å²) >= 11 is 0. The number of aromatic nitrogens is 4. The van der Waals surface area contributed by atoms with Crippen LogP contribution in [0.25, 0.3) is 38.7 Å². The zero-order valence-corrected chi connectivity index (χ0v) is 17.1. The van der Waals surface area contributed by atoms with Crippen molar-refractivity contribution in [1.82, 2.24) is 24.9 Å². The van der Waals surface area contributed by atoms with Crippen molar-refractivity contribution in [1.29, 1.82) is 0 Å². The molecule has 6 nitrogen and oxygen atoms in total. The maximum absolute atomic E-state index is 5.04. The predicted molar refractivity (Wildman–Crippen MR) is 124 cm³/mol. The van der Waals surface area contributed by atoms with Gasteiger partial charge >= 0.3 is 0 Å². The molecule has 1 fully saturated rings. The van der Waals surface area contributed by atoms with Crippen molar-refractivity contribution in [2.24, 2.45) is 0 Å². The summed E-state index contributed by atoms with van der Waals surface area (Å²) in [5.41, 5.74) is 6.12. The van der Waals surface area contributed by atoms with Gasteiger partial charge in [-0.2, -0.15) is 5.10 Å². The van der Waals surface area contributed by atoms with Crippen LogP contribution < -0.4 is 10.2 Å². The van der Waals surface area contributed by atoms with Gasteiger partial charge in [0.15, 0.2) is 5.65 Å². The van der Waals surface area contributed by atoms with Crippen LogP contribution in [0, 0.1) is 0 Å². The minimum Gasteiger partial charge on any atom is -0.369 e. The van der Waals surface area contributed by atoms with E-state index in [-0.39, 0.29) is 12.4 Å². The lowest BCUT2D eigenvalue weighted by Gasteiger charge is -2.29. The van der Waals surface area contributed by atoms with Gasteiger partial charge in [0.1, 0.15) is 0 Å². The van der Waals surface area contributed by atoms with Crippen LogP contribution in [-0.4, -0.2) is 45.8 Å². The van der Waals surface area contributed by atoms with Gasteiger partial charge in [0.25, 0.3) is 0 Å². The average molecular weight is 417 g/mol. The first kappa shape index (κ1) is 18.8. The summed E-state index contributed by atoms with van der Waals surface area (Å²) < 4.78 is 2.00. The lowest BCUT2D eigenvalue weighted by atomic mass is 10.1. The van der Waals surface area contributed by atoms with E-state index in [0.717, 1.165) is 64.9 Å². The number of benzene rings is 2. The molecule has 0 atom stereocenters. The Kier molecular flexibility index (Phi) is 4.73. The standard InChI is InChI=1S/C23H20N6.ClH/c1-2-4-19-18(3-1)22(16-7-9-24-10-8-16)27-29-21-15-17(28-13-11-25-12-14-28)5-6-20(21)26-23(19)29;/h1-10,15,25H,11-14H2;1H. The van der Waals surface area contributed by atoms with Crippen LogP contribution in [0.3, 0.4) is 0 Å². The molecule has 5 aromatic rings. The van der Waals surface area contributed by atoms with E-state index in [1.807, 2.05) is 29.0 Å². The molecule has 0 aliphatic carbocycles. The quantitative estimate of drug-likeness (QED) is 0.472. The molecule has 4 heterocycles. The van der Waals surface area contributed by atoms with Gasteiger partial charge in [-0.3, -0.25) is 4.98 Å². The summed E-state index contributed by atoms with van der Waals surface area (Å²) in [7, 11) is 0. The summed E-state index contributed by atoms with van der Waals surface area (Å²) in [6, 6.07) is 18.9. The van der Waals surface area contributed by atoms with E-state index in [0.29, 0.717) is 0 Å². The summed E-state index contributed by atoms with van der Waals surface area (Å²) in [4.78, 5) is 11.5. The van der Waals surface area contributed by atoms with E-state index in [9.17, 15) is 0 Å². The lowest BCUT2D eigenvalue weighted by molar-refractivity contribution is 0.589. The number of halogens is 1. The maximum Gasteiger partial charge on any atom is 0.162 e. The van der Waals surface area contributed by atoms with Gasteiger partial charge in [0.05, 0.1) is 16.7 Å². The molecule has 1 N–H and O–H groups in total. The van der Waals surface area contributed by atoms with Gasteiger partial charge in [-0.1, -0.05) is 24.3 Å². The Labute approximate surface area is 180 Å². The Bertz CT molecular complexity index is 1340. The summed E-state index contributed by atoms with van der Waals surface area (Å²) in [6.07, 6.45) is 3.62. The van der Waals surface area contributed by atoms with Crippen molar-refractivity contribution in [3.05, 3.63) is 67.0 Å². The number of rotatable bonds is 2. The Balaban J connectivity index is 0.00000193. The van der Waals surface area contributed by atoms with Gasteiger partial charge in [0, 0.05) is 60.6 Å². The second kappa shape index (κ2) is 7.55. The molecular formula is C23H21ClN6. The minimum atomic E-state index is 0.